The lowest BCUT2D eigenvalue weighted by molar-refractivity contribution is 0.00505. The van der Waals surface area contributed by atoms with Crippen molar-refractivity contribution in [2.24, 2.45) is 5.92 Å². The van der Waals surface area contributed by atoms with Crippen molar-refractivity contribution in [3.63, 3.8) is 0 Å². The van der Waals surface area contributed by atoms with Gasteiger partial charge in [-0.3, -0.25) is 0 Å². The summed E-state index contributed by atoms with van der Waals surface area (Å²) in [5.74, 6) is -2.21. The summed E-state index contributed by atoms with van der Waals surface area (Å²) in [5, 5.41) is 0.135. The molecule has 2 aliphatic carbocycles. The van der Waals surface area contributed by atoms with Crippen molar-refractivity contribution in [1.82, 2.24) is 0 Å². The van der Waals surface area contributed by atoms with Gasteiger partial charge in [0.15, 0.2) is 0 Å². The quantitative estimate of drug-likeness (QED) is 0.487. The van der Waals surface area contributed by atoms with E-state index in [2.05, 4.69) is 6.08 Å². The molecule has 2 atom stereocenters. The molecule has 0 aromatic carbocycles. The van der Waals surface area contributed by atoms with Crippen LogP contribution in [0.3, 0.4) is 0 Å². The van der Waals surface area contributed by atoms with Crippen molar-refractivity contribution in [2.75, 3.05) is 0 Å². The van der Waals surface area contributed by atoms with Crippen molar-refractivity contribution < 1.29 is 8.78 Å². The van der Waals surface area contributed by atoms with Gasteiger partial charge in [-0.15, -0.1) is 11.6 Å². The van der Waals surface area contributed by atoms with Crippen LogP contribution in [0.2, 0.25) is 0 Å². The molecule has 0 saturated heterocycles. The number of hydrogen-bond acceptors (Lipinski definition) is 0. The van der Waals surface area contributed by atoms with Gasteiger partial charge in [0.2, 0.25) is 5.92 Å². The first-order valence-corrected chi connectivity index (χ1v) is 6.20. The van der Waals surface area contributed by atoms with Gasteiger partial charge in [-0.25, -0.2) is 8.78 Å². The fraction of sp³-hybridized carbons (Fsp3) is 0.833. The second-order valence-electron chi connectivity index (χ2n) is 4.90. The maximum atomic E-state index is 13.0. The molecule has 0 nitrogen and oxygen atoms in total. The molecule has 0 radical (unpaired) electrons. The minimum atomic E-state index is -2.40. The Labute approximate surface area is 94.7 Å². The van der Waals surface area contributed by atoms with Crippen LogP contribution in [0.4, 0.5) is 8.78 Å². The van der Waals surface area contributed by atoms with Crippen LogP contribution in [0.15, 0.2) is 11.6 Å². The van der Waals surface area contributed by atoms with Gasteiger partial charge >= 0.3 is 0 Å². The van der Waals surface area contributed by atoms with Gasteiger partial charge in [-0.05, 0) is 38.0 Å². The lowest BCUT2D eigenvalue weighted by atomic mass is 9.90. The third kappa shape index (κ3) is 3.17. The van der Waals surface area contributed by atoms with Crippen LogP contribution >= 0.6 is 11.6 Å². The molecule has 2 aliphatic rings. The van der Waals surface area contributed by atoms with E-state index >= 15 is 0 Å². The van der Waals surface area contributed by atoms with Gasteiger partial charge in [0.1, 0.15) is 0 Å². The Bertz CT molecular complexity index is 260. The first-order chi connectivity index (χ1) is 7.05. The molecule has 0 aromatic heterocycles. The number of rotatable bonds is 2. The zero-order valence-electron chi connectivity index (χ0n) is 8.82. The molecular formula is C12H17ClF2. The third-order valence-corrected chi connectivity index (χ3v) is 3.80. The Kier molecular flexibility index (Phi) is 3.34. The second kappa shape index (κ2) is 4.40. The fourth-order valence-corrected chi connectivity index (χ4v) is 3.04. The van der Waals surface area contributed by atoms with Crippen LogP contribution < -0.4 is 0 Å². The Hall–Kier alpha value is -0.110. The summed E-state index contributed by atoms with van der Waals surface area (Å²) >= 11 is 6.03. The highest BCUT2D eigenvalue weighted by molar-refractivity contribution is 6.21. The first-order valence-electron chi connectivity index (χ1n) is 5.77. The average Bonchev–Trinajstić information content (AvgIpc) is 2.45. The Morgan fingerprint density at radius 2 is 2.20 bits per heavy atom. The van der Waals surface area contributed by atoms with E-state index in [1.807, 2.05) is 0 Å². The van der Waals surface area contributed by atoms with Crippen molar-refractivity contribution >= 4 is 11.6 Å². The smallest absolute Gasteiger partial charge is 0.207 e. The predicted octanol–water partition coefficient (Wildman–Crippen LogP) is 4.53. The van der Waals surface area contributed by atoms with Crippen LogP contribution in [-0.4, -0.2) is 11.3 Å². The molecule has 0 heterocycles. The lowest BCUT2D eigenvalue weighted by Crippen LogP contribution is -2.11. The van der Waals surface area contributed by atoms with E-state index < -0.39 is 5.92 Å². The Morgan fingerprint density at radius 3 is 2.80 bits per heavy atom. The third-order valence-electron chi connectivity index (χ3n) is 3.45. The van der Waals surface area contributed by atoms with Crippen molar-refractivity contribution in [1.29, 1.82) is 0 Å². The number of allylic oxidation sites excluding steroid dienone is 2. The highest BCUT2D eigenvalue weighted by Crippen LogP contribution is 2.42. The maximum Gasteiger partial charge on any atom is 0.248 e. The zero-order valence-corrected chi connectivity index (χ0v) is 9.57. The predicted molar refractivity (Wildman–Crippen MR) is 58.5 cm³/mol. The summed E-state index contributed by atoms with van der Waals surface area (Å²) in [7, 11) is 0. The summed E-state index contributed by atoms with van der Waals surface area (Å²) < 4.78 is 26.0. The SMILES string of the molecule is FC1(F)CCC(CC2=CC(Cl)CCC2)C1. The molecule has 2 unspecified atom stereocenters. The van der Waals surface area contributed by atoms with Crippen LogP contribution in [-0.2, 0) is 0 Å². The maximum absolute atomic E-state index is 13.0. The van der Waals surface area contributed by atoms with E-state index in [4.69, 9.17) is 11.6 Å². The van der Waals surface area contributed by atoms with E-state index in [0.29, 0.717) is 6.42 Å². The Morgan fingerprint density at radius 1 is 1.40 bits per heavy atom. The minimum absolute atomic E-state index is 0.0786. The molecule has 0 bridgehead atoms. The van der Waals surface area contributed by atoms with Gasteiger partial charge < -0.3 is 0 Å². The van der Waals surface area contributed by atoms with Gasteiger partial charge in [-0.1, -0.05) is 11.6 Å². The fourth-order valence-electron chi connectivity index (χ4n) is 2.70. The standard InChI is InChI=1S/C12H17ClF2/c13-11-3-1-2-9(7-11)6-10-4-5-12(14,15)8-10/h7,10-11H,1-6,8H2. The van der Waals surface area contributed by atoms with Gasteiger partial charge in [0, 0.05) is 12.8 Å². The van der Waals surface area contributed by atoms with Crippen molar-refractivity contribution in [2.45, 2.75) is 56.2 Å². The number of alkyl halides is 3. The summed E-state index contributed by atoms with van der Waals surface area (Å²) in [6.07, 6.45) is 6.98. The molecule has 86 valence electrons. The van der Waals surface area contributed by atoms with E-state index in [9.17, 15) is 8.78 Å². The second-order valence-corrected chi connectivity index (χ2v) is 5.46. The molecule has 1 fully saturated rings. The van der Waals surface area contributed by atoms with Crippen molar-refractivity contribution in [3.05, 3.63) is 11.6 Å². The molecule has 0 aliphatic heterocycles. The molecule has 0 spiro atoms. The van der Waals surface area contributed by atoms with Crippen LogP contribution in [0.5, 0.6) is 0 Å². The van der Waals surface area contributed by atoms with E-state index in [-0.39, 0.29) is 24.1 Å². The lowest BCUT2D eigenvalue weighted by Gasteiger charge is -2.19. The zero-order chi connectivity index (χ0) is 10.9. The van der Waals surface area contributed by atoms with E-state index in [0.717, 1.165) is 25.7 Å². The molecule has 0 aromatic rings. The van der Waals surface area contributed by atoms with Gasteiger partial charge in [0.05, 0.1) is 5.38 Å². The monoisotopic (exact) mass is 234 g/mol. The molecule has 2 rings (SSSR count). The van der Waals surface area contributed by atoms with E-state index in [1.54, 1.807) is 0 Å². The topological polar surface area (TPSA) is 0 Å². The van der Waals surface area contributed by atoms with Crippen LogP contribution in [0, 0.1) is 5.92 Å². The highest BCUT2D eigenvalue weighted by atomic mass is 35.5. The van der Waals surface area contributed by atoms with Gasteiger partial charge in [-0.2, -0.15) is 0 Å². The largest absolute Gasteiger partial charge is 0.248 e. The van der Waals surface area contributed by atoms with Crippen LogP contribution in [0.1, 0.15) is 44.9 Å². The Balaban J connectivity index is 1.87. The normalized spacial score (nSPS) is 35.3. The average molecular weight is 235 g/mol. The molecule has 15 heavy (non-hydrogen) atoms. The molecule has 3 heteroatoms. The molecule has 0 amide bonds. The number of halogens is 3. The summed E-state index contributed by atoms with van der Waals surface area (Å²) in [6.45, 7) is 0. The minimum Gasteiger partial charge on any atom is -0.207 e. The molecule has 0 N–H and O–H groups in total. The first kappa shape index (κ1) is 11.4. The summed E-state index contributed by atoms with van der Waals surface area (Å²) in [4.78, 5) is 0. The van der Waals surface area contributed by atoms with Crippen molar-refractivity contribution in [3.8, 4) is 0 Å². The molecule has 1 saturated carbocycles. The molecular weight excluding hydrogens is 218 g/mol. The van der Waals surface area contributed by atoms with Crippen LogP contribution in [0.25, 0.3) is 0 Å². The highest BCUT2D eigenvalue weighted by Gasteiger charge is 2.39. The van der Waals surface area contributed by atoms with Gasteiger partial charge in [0.25, 0.3) is 0 Å². The number of hydrogen-bond donors (Lipinski definition) is 0. The summed E-state index contributed by atoms with van der Waals surface area (Å²) in [5.41, 5.74) is 1.31. The summed E-state index contributed by atoms with van der Waals surface area (Å²) in [6, 6.07) is 0. The van der Waals surface area contributed by atoms with E-state index in [1.165, 1.54) is 5.57 Å².